The number of unbranched alkanes of at least 4 members (excludes halogenated alkanes) is 1. The highest BCUT2D eigenvalue weighted by Gasteiger charge is 2.70. The van der Waals surface area contributed by atoms with Gasteiger partial charge in [-0.3, -0.25) is 29.4 Å². The van der Waals surface area contributed by atoms with Crippen LogP contribution in [0, 0.1) is 25.7 Å². The second kappa shape index (κ2) is 7.19. The average Bonchev–Trinajstić information content (AvgIpc) is 3.27. The molecule has 0 radical (unpaired) electrons. The maximum atomic E-state index is 13.4. The van der Waals surface area contributed by atoms with Crippen LogP contribution < -0.4 is 16.4 Å². The van der Waals surface area contributed by atoms with Crippen LogP contribution in [0.2, 0.25) is 0 Å². The molecule has 0 unspecified atom stereocenters. The number of nitrogens with zero attached hydrogens (tertiary/aromatic N) is 1. The Morgan fingerprint density at radius 1 is 1.20 bits per heavy atom. The van der Waals surface area contributed by atoms with Crippen LogP contribution in [0.3, 0.4) is 0 Å². The molecule has 1 aromatic rings. The zero-order valence-corrected chi connectivity index (χ0v) is 17.6. The lowest BCUT2D eigenvalue weighted by molar-refractivity contribution is -0.143. The molecule has 8 heteroatoms. The number of nitrogens with one attached hydrogen (secondary N) is 2. The first-order chi connectivity index (χ1) is 14.2. The molecule has 30 heavy (non-hydrogen) atoms. The molecule has 4 amide bonds. The van der Waals surface area contributed by atoms with Gasteiger partial charge in [-0.15, -0.1) is 0 Å². The molecule has 1 aromatic carbocycles. The summed E-state index contributed by atoms with van der Waals surface area (Å²) >= 11 is 0. The molecule has 4 rings (SSSR count). The van der Waals surface area contributed by atoms with Gasteiger partial charge in [0.25, 0.3) is 0 Å². The van der Waals surface area contributed by atoms with Crippen LogP contribution in [-0.2, 0) is 24.7 Å². The quantitative estimate of drug-likeness (QED) is 0.604. The van der Waals surface area contributed by atoms with Gasteiger partial charge in [-0.2, -0.15) is 0 Å². The summed E-state index contributed by atoms with van der Waals surface area (Å²) in [7, 11) is 0. The SMILES string of the molecule is CCCCN1C(=O)[C@H]2[C@H](CCC(N)=O)N[C@@]3(C(=O)Nc4c3ccc(C)c4C)[C@@H]2C1=O. The number of carbonyl (C=O) groups is 4. The fraction of sp³-hybridized carbons (Fsp3) is 0.545. The van der Waals surface area contributed by atoms with Crippen molar-refractivity contribution in [3.63, 3.8) is 0 Å². The normalized spacial score (nSPS) is 29.5. The van der Waals surface area contributed by atoms with E-state index in [0.29, 0.717) is 30.6 Å². The maximum Gasteiger partial charge on any atom is 0.250 e. The van der Waals surface area contributed by atoms with Gasteiger partial charge in [0.15, 0.2) is 0 Å². The molecule has 1 spiro atoms. The molecule has 8 nitrogen and oxygen atoms in total. The molecule has 3 aliphatic rings. The first-order valence-corrected chi connectivity index (χ1v) is 10.6. The Labute approximate surface area is 175 Å². The van der Waals surface area contributed by atoms with Crippen LogP contribution in [0.5, 0.6) is 0 Å². The number of benzene rings is 1. The van der Waals surface area contributed by atoms with Crippen LogP contribution in [0.1, 0.15) is 49.3 Å². The number of nitrogens with two attached hydrogens (primary N) is 1. The summed E-state index contributed by atoms with van der Waals surface area (Å²) < 4.78 is 0. The second-order valence-corrected chi connectivity index (χ2v) is 8.63. The van der Waals surface area contributed by atoms with E-state index in [9.17, 15) is 19.2 Å². The number of hydrogen-bond acceptors (Lipinski definition) is 5. The van der Waals surface area contributed by atoms with Gasteiger partial charge in [0.05, 0.1) is 11.8 Å². The monoisotopic (exact) mass is 412 g/mol. The molecule has 0 bridgehead atoms. The van der Waals surface area contributed by atoms with E-state index in [2.05, 4.69) is 10.6 Å². The Morgan fingerprint density at radius 3 is 2.60 bits per heavy atom. The van der Waals surface area contributed by atoms with E-state index in [4.69, 9.17) is 5.73 Å². The summed E-state index contributed by atoms with van der Waals surface area (Å²) in [5.41, 5.74) is 7.40. The van der Waals surface area contributed by atoms with Crippen LogP contribution in [0.25, 0.3) is 0 Å². The zero-order chi connectivity index (χ0) is 21.8. The van der Waals surface area contributed by atoms with E-state index in [-0.39, 0.29) is 24.1 Å². The van der Waals surface area contributed by atoms with Gasteiger partial charge in [-0.05, 0) is 37.8 Å². The predicted octanol–water partition coefficient (Wildman–Crippen LogP) is 1.09. The van der Waals surface area contributed by atoms with Gasteiger partial charge in [0.1, 0.15) is 5.54 Å². The molecule has 3 aliphatic heterocycles. The molecule has 0 aliphatic carbocycles. The van der Waals surface area contributed by atoms with Crippen molar-refractivity contribution in [1.82, 2.24) is 10.2 Å². The fourth-order valence-electron chi connectivity index (χ4n) is 5.26. The van der Waals surface area contributed by atoms with Crippen LogP contribution in [-0.4, -0.2) is 41.1 Å². The zero-order valence-electron chi connectivity index (χ0n) is 17.6. The van der Waals surface area contributed by atoms with E-state index in [0.717, 1.165) is 17.5 Å². The number of rotatable bonds is 6. The first-order valence-electron chi connectivity index (χ1n) is 10.6. The topological polar surface area (TPSA) is 122 Å². The maximum absolute atomic E-state index is 13.4. The summed E-state index contributed by atoms with van der Waals surface area (Å²) in [5, 5.41) is 6.28. The number of fused-ring (bicyclic) bond motifs is 4. The summed E-state index contributed by atoms with van der Waals surface area (Å²) in [6.45, 7) is 6.24. The van der Waals surface area contributed by atoms with Crippen molar-refractivity contribution in [1.29, 1.82) is 0 Å². The van der Waals surface area contributed by atoms with E-state index in [1.165, 1.54) is 4.90 Å². The van der Waals surface area contributed by atoms with Crippen molar-refractivity contribution in [2.45, 2.75) is 58.0 Å². The predicted molar refractivity (Wildman–Crippen MR) is 110 cm³/mol. The summed E-state index contributed by atoms with van der Waals surface area (Å²) in [5.74, 6) is -2.89. The van der Waals surface area contributed by atoms with Gasteiger partial charge in [0, 0.05) is 30.3 Å². The molecule has 0 aromatic heterocycles. The Morgan fingerprint density at radius 2 is 1.93 bits per heavy atom. The standard InChI is InChI=1S/C22H28N4O4/c1-4-5-10-26-19(28)16-14(8-9-15(23)27)25-22(17(16)20(26)29)13-7-6-11(2)12(3)18(13)24-21(22)30/h6-7,14,16-17,25H,4-5,8-10H2,1-3H3,(H2,23,27)(H,24,30)/t14-,16-,17-,22+/m0/s1. The number of imide groups is 1. The minimum absolute atomic E-state index is 0.0782. The minimum atomic E-state index is -1.31. The third kappa shape index (κ3) is 2.70. The van der Waals surface area contributed by atoms with Crippen LogP contribution in [0.4, 0.5) is 5.69 Å². The fourth-order valence-corrected chi connectivity index (χ4v) is 5.26. The summed E-state index contributed by atoms with van der Waals surface area (Å²) in [6, 6.07) is 3.31. The van der Waals surface area contributed by atoms with Crippen LogP contribution >= 0.6 is 0 Å². The Hall–Kier alpha value is -2.74. The molecule has 3 heterocycles. The highest BCUT2D eigenvalue weighted by atomic mass is 16.2. The molecular formula is C22H28N4O4. The molecule has 2 fully saturated rings. The van der Waals surface area contributed by atoms with Gasteiger partial charge < -0.3 is 11.1 Å². The Bertz CT molecular complexity index is 959. The third-order valence-electron chi connectivity index (χ3n) is 6.95. The van der Waals surface area contributed by atoms with E-state index in [1.807, 2.05) is 32.9 Å². The van der Waals surface area contributed by atoms with Crippen molar-refractivity contribution in [3.05, 3.63) is 28.8 Å². The smallest absolute Gasteiger partial charge is 0.250 e. The molecule has 4 N–H and O–H groups in total. The summed E-state index contributed by atoms with van der Waals surface area (Å²) in [4.78, 5) is 52.8. The number of carbonyl (C=O) groups excluding carboxylic acids is 4. The van der Waals surface area contributed by atoms with Crippen molar-refractivity contribution in [3.8, 4) is 0 Å². The number of anilines is 1. The van der Waals surface area contributed by atoms with Crippen LogP contribution in [0.15, 0.2) is 12.1 Å². The minimum Gasteiger partial charge on any atom is -0.370 e. The van der Waals surface area contributed by atoms with Gasteiger partial charge in [0.2, 0.25) is 23.6 Å². The van der Waals surface area contributed by atoms with E-state index >= 15 is 0 Å². The first kappa shape index (κ1) is 20.5. The molecule has 4 atom stereocenters. The lowest BCUT2D eigenvalue weighted by Crippen LogP contribution is -2.53. The third-order valence-corrected chi connectivity index (χ3v) is 6.95. The number of amides is 4. The number of hydrogen-bond donors (Lipinski definition) is 3. The van der Waals surface area contributed by atoms with Gasteiger partial charge in [-0.25, -0.2) is 0 Å². The average molecular weight is 412 g/mol. The lowest BCUT2D eigenvalue weighted by atomic mass is 9.76. The second-order valence-electron chi connectivity index (χ2n) is 8.63. The largest absolute Gasteiger partial charge is 0.370 e. The van der Waals surface area contributed by atoms with Gasteiger partial charge in [-0.1, -0.05) is 25.5 Å². The van der Waals surface area contributed by atoms with Crippen molar-refractivity contribution >= 4 is 29.3 Å². The van der Waals surface area contributed by atoms with Crippen molar-refractivity contribution in [2.75, 3.05) is 11.9 Å². The molecule has 2 saturated heterocycles. The van der Waals surface area contributed by atoms with Crippen molar-refractivity contribution < 1.29 is 19.2 Å². The number of primary amides is 1. The highest BCUT2D eigenvalue weighted by molar-refractivity contribution is 6.15. The summed E-state index contributed by atoms with van der Waals surface area (Å²) in [6.07, 6.45) is 1.94. The Kier molecular flexibility index (Phi) is 4.92. The molecule has 0 saturated carbocycles. The van der Waals surface area contributed by atoms with E-state index < -0.39 is 29.3 Å². The Balaban J connectivity index is 1.83. The number of aryl methyl sites for hydroxylation is 1. The van der Waals surface area contributed by atoms with Gasteiger partial charge >= 0.3 is 0 Å². The van der Waals surface area contributed by atoms with E-state index in [1.54, 1.807) is 0 Å². The van der Waals surface area contributed by atoms with Crippen molar-refractivity contribution in [2.24, 2.45) is 17.6 Å². The molecular weight excluding hydrogens is 384 g/mol. The molecule has 160 valence electrons. The highest BCUT2D eigenvalue weighted by Crippen LogP contribution is 2.54. The number of likely N-dealkylation sites (tertiary alicyclic amines) is 1. The lowest BCUT2D eigenvalue weighted by Gasteiger charge is -2.29.